The fourth-order valence-corrected chi connectivity index (χ4v) is 6.02. The van der Waals surface area contributed by atoms with E-state index in [-0.39, 0.29) is 18.1 Å². The van der Waals surface area contributed by atoms with E-state index in [1.807, 2.05) is 54.6 Å². The number of para-hydroxylation sites is 1. The average molecular weight is 748 g/mol. The van der Waals surface area contributed by atoms with Gasteiger partial charge in [-0.25, -0.2) is 4.79 Å². The first-order valence-corrected chi connectivity index (χ1v) is 16.5. The Hall–Kier alpha value is -3.61. The number of phenolic OH excluding ortho intramolecular Hbond substituents is 1. The van der Waals surface area contributed by atoms with Crippen molar-refractivity contribution in [3.05, 3.63) is 92.4 Å². The third-order valence-electron chi connectivity index (χ3n) is 7.15. The van der Waals surface area contributed by atoms with Gasteiger partial charge in [-0.05, 0) is 105 Å². The van der Waals surface area contributed by atoms with Crippen molar-refractivity contribution in [2.24, 2.45) is 5.73 Å². The van der Waals surface area contributed by atoms with Crippen LogP contribution in [0.15, 0.2) is 75.7 Å². The minimum absolute atomic E-state index is 0.0222. The molecule has 0 fully saturated rings. The first-order chi connectivity index (χ1) is 21.7. The quantitative estimate of drug-likeness (QED) is 0.113. The van der Waals surface area contributed by atoms with E-state index in [0.717, 1.165) is 16.9 Å². The highest BCUT2D eigenvalue weighted by Crippen LogP contribution is 2.33. The van der Waals surface area contributed by atoms with Crippen molar-refractivity contribution in [1.29, 1.82) is 0 Å². The van der Waals surface area contributed by atoms with Gasteiger partial charge in [0.2, 0.25) is 11.8 Å². The number of amides is 4. The number of urea groups is 1. The van der Waals surface area contributed by atoms with Gasteiger partial charge in [-0.15, -0.1) is 0 Å². The lowest BCUT2D eigenvalue weighted by atomic mass is 10.0. The van der Waals surface area contributed by atoms with Crippen LogP contribution < -0.4 is 31.7 Å². The maximum absolute atomic E-state index is 13.7. The number of hydrogen-bond acceptors (Lipinski definition) is 6. The summed E-state index contributed by atoms with van der Waals surface area (Å²) in [6.45, 7) is 1.19. The van der Waals surface area contributed by atoms with Crippen molar-refractivity contribution in [1.82, 2.24) is 21.3 Å². The molecule has 7 N–H and O–H groups in total. The second-order valence-corrected chi connectivity index (χ2v) is 12.2. The molecule has 45 heavy (non-hydrogen) atoms. The minimum atomic E-state index is -1.02. The molecule has 0 heterocycles. The number of nitrogens with two attached hydrogens (primary N) is 1. The van der Waals surface area contributed by atoms with Gasteiger partial charge in [-0.1, -0.05) is 48.5 Å². The molecule has 12 heteroatoms. The molecular weight excluding hydrogens is 706 g/mol. The van der Waals surface area contributed by atoms with Gasteiger partial charge in [-0.2, -0.15) is 0 Å². The molecule has 0 aliphatic rings. The lowest BCUT2D eigenvalue weighted by Gasteiger charge is -2.24. The summed E-state index contributed by atoms with van der Waals surface area (Å²) in [4.78, 5) is 39.9. The predicted molar refractivity (Wildman–Crippen MR) is 182 cm³/mol. The number of nitrogens with one attached hydrogen (secondary N) is 4. The van der Waals surface area contributed by atoms with E-state index in [0.29, 0.717) is 66.2 Å². The third kappa shape index (κ3) is 12.0. The van der Waals surface area contributed by atoms with Crippen LogP contribution in [0.25, 0.3) is 0 Å². The number of hydrogen-bond donors (Lipinski definition) is 6. The van der Waals surface area contributed by atoms with Crippen molar-refractivity contribution >= 4 is 49.7 Å². The molecule has 0 bridgehead atoms. The molecule has 0 spiro atoms. The van der Waals surface area contributed by atoms with Crippen LogP contribution in [-0.4, -0.2) is 61.8 Å². The largest absolute Gasteiger partial charge is 0.506 e. The zero-order valence-electron chi connectivity index (χ0n) is 25.3. The Morgan fingerprint density at radius 1 is 0.822 bits per heavy atom. The summed E-state index contributed by atoms with van der Waals surface area (Å²) in [6, 6.07) is 18.3. The summed E-state index contributed by atoms with van der Waals surface area (Å²) in [7, 11) is 1.59. The highest BCUT2D eigenvalue weighted by Gasteiger charge is 2.27. The van der Waals surface area contributed by atoms with E-state index in [2.05, 4.69) is 53.1 Å². The topological polar surface area (TPSA) is 155 Å². The Labute approximate surface area is 281 Å². The number of methoxy groups -OCH3 is 1. The molecule has 0 saturated heterocycles. The molecular formula is C33H41Br2N5O5. The van der Waals surface area contributed by atoms with Gasteiger partial charge in [0.15, 0.2) is 0 Å². The Bertz CT molecular complexity index is 1390. The van der Waals surface area contributed by atoms with Crippen LogP contribution in [0.2, 0.25) is 0 Å². The highest BCUT2D eigenvalue weighted by atomic mass is 79.9. The molecule has 3 rings (SSSR count). The summed E-state index contributed by atoms with van der Waals surface area (Å²) in [5.74, 6) is -0.0605. The van der Waals surface area contributed by atoms with Crippen LogP contribution in [0.3, 0.4) is 0 Å². The zero-order chi connectivity index (χ0) is 32.6. The monoisotopic (exact) mass is 745 g/mol. The number of rotatable bonds is 17. The maximum Gasteiger partial charge on any atom is 0.315 e. The van der Waals surface area contributed by atoms with Gasteiger partial charge >= 0.3 is 6.03 Å². The smallest absolute Gasteiger partial charge is 0.315 e. The van der Waals surface area contributed by atoms with Crippen molar-refractivity contribution in [2.75, 3.05) is 26.7 Å². The van der Waals surface area contributed by atoms with E-state index in [4.69, 9.17) is 10.5 Å². The van der Waals surface area contributed by atoms with Gasteiger partial charge in [0.25, 0.3) is 0 Å². The number of unbranched alkanes of at least 4 members (excludes halogenated alkanes) is 1. The molecule has 3 aromatic rings. The molecule has 10 nitrogen and oxygen atoms in total. The van der Waals surface area contributed by atoms with Crippen molar-refractivity contribution < 1.29 is 24.2 Å². The van der Waals surface area contributed by atoms with Crippen LogP contribution in [-0.2, 0) is 28.9 Å². The number of ether oxygens (including phenoxy) is 1. The standard InChI is InChI=1S/C33H41Br2N5O5/c1-45-29-13-6-5-11-24(29)15-18-38-33(44)40-28(21-23-19-25(34)30(41)26(35)20-23)32(43)39-27(12-7-8-16-36)31(42)37-17-14-22-9-3-2-4-10-22/h2-6,9-11,13,19-20,27-28,41H,7-8,12,14-18,21,36H2,1H3,(H,37,42)(H,39,43)(H2,38,40,44)/t27-,28+/m1/s1. The van der Waals surface area contributed by atoms with Gasteiger partial charge in [0.05, 0.1) is 16.1 Å². The molecule has 242 valence electrons. The van der Waals surface area contributed by atoms with E-state index in [9.17, 15) is 19.5 Å². The molecule has 0 aliphatic heterocycles. The molecule has 0 unspecified atom stereocenters. The number of benzene rings is 3. The summed E-state index contributed by atoms with van der Waals surface area (Å²) in [5, 5.41) is 21.5. The summed E-state index contributed by atoms with van der Waals surface area (Å²) < 4.78 is 6.25. The fraction of sp³-hybridized carbons (Fsp3) is 0.364. The van der Waals surface area contributed by atoms with Crippen LogP contribution in [0.5, 0.6) is 11.5 Å². The lowest BCUT2D eigenvalue weighted by molar-refractivity contribution is -0.130. The summed E-state index contributed by atoms with van der Waals surface area (Å²) in [6.07, 6.45) is 3.03. The van der Waals surface area contributed by atoms with Crippen LogP contribution in [0, 0.1) is 0 Å². The second-order valence-electron chi connectivity index (χ2n) is 10.5. The van der Waals surface area contributed by atoms with Crippen molar-refractivity contribution in [2.45, 2.75) is 50.6 Å². The highest BCUT2D eigenvalue weighted by molar-refractivity contribution is 9.11. The fourth-order valence-electron chi connectivity index (χ4n) is 4.74. The minimum Gasteiger partial charge on any atom is -0.506 e. The number of carbonyl (C=O) groups is 3. The van der Waals surface area contributed by atoms with Gasteiger partial charge in [-0.3, -0.25) is 9.59 Å². The summed E-state index contributed by atoms with van der Waals surface area (Å²) in [5.41, 5.74) is 8.38. The molecule has 0 aliphatic carbocycles. The van der Waals surface area contributed by atoms with Gasteiger partial charge in [0, 0.05) is 19.5 Å². The van der Waals surface area contributed by atoms with Crippen molar-refractivity contribution in [3.63, 3.8) is 0 Å². The number of halogens is 2. The molecule has 0 saturated carbocycles. The Morgan fingerprint density at radius 2 is 1.49 bits per heavy atom. The predicted octanol–water partition coefficient (Wildman–Crippen LogP) is 4.35. The van der Waals surface area contributed by atoms with Crippen LogP contribution >= 0.6 is 31.9 Å². The SMILES string of the molecule is COc1ccccc1CCNC(=O)N[C@@H](Cc1cc(Br)c(O)c(Br)c1)C(=O)N[C@H](CCCCN)C(=O)NCCc1ccccc1. The number of aromatic hydroxyl groups is 1. The maximum atomic E-state index is 13.7. The second kappa shape index (κ2) is 19.0. The molecule has 0 aromatic heterocycles. The van der Waals surface area contributed by atoms with Crippen LogP contribution in [0.1, 0.15) is 36.0 Å². The average Bonchev–Trinajstić information content (AvgIpc) is 3.03. The molecule has 3 aromatic carbocycles. The molecule has 4 amide bonds. The van der Waals surface area contributed by atoms with E-state index >= 15 is 0 Å². The molecule has 0 radical (unpaired) electrons. The van der Waals surface area contributed by atoms with Gasteiger partial charge in [0.1, 0.15) is 23.6 Å². The Balaban J connectivity index is 1.71. The normalized spacial score (nSPS) is 12.1. The Kier molecular flexibility index (Phi) is 15.2. The van der Waals surface area contributed by atoms with E-state index in [1.165, 1.54) is 0 Å². The first kappa shape index (κ1) is 35.9. The van der Waals surface area contributed by atoms with E-state index < -0.39 is 24.0 Å². The molecule has 2 atom stereocenters. The van der Waals surface area contributed by atoms with Gasteiger partial charge < -0.3 is 36.8 Å². The number of phenols is 1. The van der Waals surface area contributed by atoms with Crippen molar-refractivity contribution in [3.8, 4) is 11.5 Å². The van der Waals surface area contributed by atoms with E-state index in [1.54, 1.807) is 19.2 Å². The lowest BCUT2D eigenvalue weighted by Crippen LogP contribution is -2.56. The third-order valence-corrected chi connectivity index (χ3v) is 8.36. The first-order valence-electron chi connectivity index (χ1n) is 14.9. The Morgan fingerprint density at radius 3 is 2.18 bits per heavy atom. The summed E-state index contributed by atoms with van der Waals surface area (Å²) >= 11 is 6.65. The zero-order valence-corrected chi connectivity index (χ0v) is 28.5. The number of carbonyl (C=O) groups excluding carboxylic acids is 3. The van der Waals surface area contributed by atoms with Crippen LogP contribution in [0.4, 0.5) is 4.79 Å².